The van der Waals surface area contributed by atoms with Crippen LogP contribution in [-0.4, -0.2) is 4.98 Å². The molecule has 0 amide bonds. The summed E-state index contributed by atoms with van der Waals surface area (Å²) < 4.78 is 5.51. The predicted molar refractivity (Wildman–Crippen MR) is 59.6 cm³/mol. The summed E-state index contributed by atoms with van der Waals surface area (Å²) in [6.45, 7) is 3.88. The van der Waals surface area contributed by atoms with Crippen molar-refractivity contribution in [2.75, 3.05) is 5.73 Å². The molecule has 0 aliphatic rings. The van der Waals surface area contributed by atoms with Crippen molar-refractivity contribution in [2.24, 2.45) is 0 Å². The van der Waals surface area contributed by atoms with Gasteiger partial charge in [-0.05, 0) is 31.5 Å². The molecule has 0 atom stereocenters. The fraction of sp³-hybridized carbons (Fsp3) is 0.250. The molecule has 0 saturated carbocycles. The van der Waals surface area contributed by atoms with E-state index in [1.54, 1.807) is 0 Å². The summed E-state index contributed by atoms with van der Waals surface area (Å²) in [6, 6.07) is 7.75. The first-order chi connectivity index (χ1) is 7.15. The third-order valence-electron chi connectivity index (χ3n) is 2.41. The molecular weight excluding hydrogens is 188 g/mol. The van der Waals surface area contributed by atoms with E-state index in [2.05, 4.69) is 4.98 Å². The second-order valence-corrected chi connectivity index (χ2v) is 3.67. The number of hydrogen-bond donors (Lipinski definition) is 1. The molecule has 0 bridgehead atoms. The molecule has 0 unspecified atom stereocenters. The van der Waals surface area contributed by atoms with Crippen LogP contribution < -0.4 is 5.73 Å². The first-order valence-electron chi connectivity index (χ1n) is 4.92. The van der Waals surface area contributed by atoms with Crippen LogP contribution in [0, 0.1) is 13.8 Å². The summed E-state index contributed by atoms with van der Waals surface area (Å²) in [5, 5.41) is 0. The Balaban J connectivity index is 2.18. The normalized spacial score (nSPS) is 10.5. The van der Waals surface area contributed by atoms with Gasteiger partial charge in [-0.1, -0.05) is 12.1 Å². The molecule has 3 nitrogen and oxygen atoms in total. The lowest BCUT2D eigenvalue weighted by Crippen LogP contribution is -1.90. The van der Waals surface area contributed by atoms with E-state index in [1.165, 1.54) is 0 Å². The van der Waals surface area contributed by atoms with Gasteiger partial charge in [-0.2, -0.15) is 0 Å². The summed E-state index contributed by atoms with van der Waals surface area (Å²) in [6.07, 6.45) is 0.717. The van der Waals surface area contributed by atoms with Crippen molar-refractivity contribution < 1.29 is 4.42 Å². The lowest BCUT2D eigenvalue weighted by Gasteiger charge is -1.97. The quantitative estimate of drug-likeness (QED) is 0.761. The van der Waals surface area contributed by atoms with Crippen LogP contribution in [0.25, 0.3) is 0 Å². The number of oxazole rings is 1. The number of nitrogen functional groups attached to an aromatic ring is 1. The summed E-state index contributed by atoms with van der Waals surface area (Å²) in [4.78, 5) is 4.33. The maximum absolute atomic E-state index is 5.61. The highest BCUT2D eigenvalue weighted by atomic mass is 16.4. The highest BCUT2D eigenvalue weighted by Crippen LogP contribution is 2.14. The molecule has 1 aromatic carbocycles. The second-order valence-electron chi connectivity index (χ2n) is 3.67. The minimum absolute atomic E-state index is 0.717. The zero-order chi connectivity index (χ0) is 10.8. The van der Waals surface area contributed by atoms with E-state index in [1.807, 2.05) is 38.1 Å². The van der Waals surface area contributed by atoms with Crippen molar-refractivity contribution in [2.45, 2.75) is 20.3 Å². The van der Waals surface area contributed by atoms with E-state index in [9.17, 15) is 0 Å². The average Bonchev–Trinajstić information content (AvgIpc) is 2.50. The van der Waals surface area contributed by atoms with Crippen LogP contribution in [0.1, 0.15) is 22.9 Å². The van der Waals surface area contributed by atoms with Crippen molar-refractivity contribution in [1.29, 1.82) is 0 Å². The fourth-order valence-electron chi connectivity index (χ4n) is 1.42. The largest absolute Gasteiger partial charge is 0.445 e. The number of hydrogen-bond acceptors (Lipinski definition) is 3. The SMILES string of the molecule is Cc1nc(Cc2ccc(N)cc2)oc1C. The zero-order valence-corrected chi connectivity index (χ0v) is 8.95. The van der Waals surface area contributed by atoms with Crippen LogP contribution in [0.15, 0.2) is 28.7 Å². The van der Waals surface area contributed by atoms with Gasteiger partial charge < -0.3 is 10.2 Å². The minimum Gasteiger partial charge on any atom is -0.445 e. The number of nitrogens with two attached hydrogens (primary N) is 1. The Labute approximate surface area is 88.9 Å². The molecule has 0 fully saturated rings. The van der Waals surface area contributed by atoms with E-state index in [0.717, 1.165) is 35.0 Å². The Morgan fingerprint density at radius 3 is 2.40 bits per heavy atom. The molecule has 0 radical (unpaired) electrons. The molecule has 0 aliphatic heterocycles. The van der Waals surface area contributed by atoms with Gasteiger partial charge in [-0.3, -0.25) is 0 Å². The monoisotopic (exact) mass is 202 g/mol. The van der Waals surface area contributed by atoms with Gasteiger partial charge >= 0.3 is 0 Å². The van der Waals surface area contributed by atoms with Gasteiger partial charge in [0.05, 0.1) is 5.69 Å². The second kappa shape index (κ2) is 3.77. The van der Waals surface area contributed by atoms with Gasteiger partial charge in [-0.15, -0.1) is 0 Å². The van der Waals surface area contributed by atoms with Crippen LogP contribution >= 0.6 is 0 Å². The third kappa shape index (κ3) is 2.18. The zero-order valence-electron chi connectivity index (χ0n) is 8.95. The minimum atomic E-state index is 0.717. The number of benzene rings is 1. The maximum atomic E-state index is 5.61. The Kier molecular flexibility index (Phi) is 2.46. The molecule has 15 heavy (non-hydrogen) atoms. The highest BCUT2D eigenvalue weighted by molar-refractivity contribution is 5.39. The summed E-state index contributed by atoms with van der Waals surface area (Å²) in [5.74, 6) is 1.65. The van der Waals surface area contributed by atoms with Crippen LogP contribution in [0.3, 0.4) is 0 Å². The predicted octanol–water partition coefficient (Wildman–Crippen LogP) is 2.46. The van der Waals surface area contributed by atoms with Crippen LogP contribution in [0.2, 0.25) is 0 Å². The molecule has 0 spiro atoms. The average molecular weight is 202 g/mol. The van der Waals surface area contributed by atoms with Crippen molar-refractivity contribution in [1.82, 2.24) is 4.98 Å². The van der Waals surface area contributed by atoms with Crippen molar-refractivity contribution in [3.63, 3.8) is 0 Å². The molecule has 3 heteroatoms. The van der Waals surface area contributed by atoms with Crippen molar-refractivity contribution in [3.8, 4) is 0 Å². The van der Waals surface area contributed by atoms with Gasteiger partial charge in [0.25, 0.3) is 0 Å². The Morgan fingerprint density at radius 1 is 1.20 bits per heavy atom. The summed E-state index contributed by atoms with van der Waals surface area (Å²) >= 11 is 0. The number of nitrogens with zero attached hydrogens (tertiary/aromatic N) is 1. The van der Waals surface area contributed by atoms with Crippen LogP contribution in [0.5, 0.6) is 0 Å². The lowest BCUT2D eigenvalue weighted by molar-refractivity contribution is 0.481. The fourth-order valence-corrected chi connectivity index (χ4v) is 1.42. The van der Waals surface area contributed by atoms with Gasteiger partial charge in [0, 0.05) is 12.1 Å². The van der Waals surface area contributed by atoms with Crippen LogP contribution in [-0.2, 0) is 6.42 Å². The lowest BCUT2D eigenvalue weighted by atomic mass is 10.1. The molecule has 1 aromatic heterocycles. The summed E-state index contributed by atoms with van der Waals surface area (Å²) in [7, 11) is 0. The van der Waals surface area contributed by atoms with Gasteiger partial charge in [0.1, 0.15) is 5.76 Å². The standard InChI is InChI=1S/C12H14N2O/c1-8-9(2)15-12(14-8)7-10-3-5-11(13)6-4-10/h3-6H,7,13H2,1-2H3. The third-order valence-corrected chi connectivity index (χ3v) is 2.41. The van der Waals surface area contributed by atoms with Gasteiger partial charge in [-0.25, -0.2) is 4.98 Å². The van der Waals surface area contributed by atoms with E-state index in [-0.39, 0.29) is 0 Å². The molecule has 2 rings (SSSR count). The van der Waals surface area contributed by atoms with E-state index in [0.29, 0.717) is 0 Å². The van der Waals surface area contributed by atoms with Gasteiger partial charge in [0.15, 0.2) is 5.89 Å². The molecule has 2 aromatic rings. The molecule has 0 saturated heterocycles. The summed E-state index contributed by atoms with van der Waals surface area (Å²) in [5.41, 5.74) is 8.50. The topological polar surface area (TPSA) is 52.0 Å². The van der Waals surface area contributed by atoms with Crippen molar-refractivity contribution in [3.05, 3.63) is 47.2 Å². The van der Waals surface area contributed by atoms with Crippen molar-refractivity contribution >= 4 is 5.69 Å². The Bertz CT molecular complexity index is 437. The maximum Gasteiger partial charge on any atom is 0.199 e. The van der Waals surface area contributed by atoms with E-state index in [4.69, 9.17) is 10.2 Å². The number of anilines is 1. The highest BCUT2D eigenvalue weighted by Gasteiger charge is 2.05. The first-order valence-corrected chi connectivity index (χ1v) is 4.92. The van der Waals surface area contributed by atoms with Crippen LogP contribution in [0.4, 0.5) is 5.69 Å². The first kappa shape index (κ1) is 9.77. The van der Waals surface area contributed by atoms with E-state index >= 15 is 0 Å². The number of aryl methyl sites for hydroxylation is 2. The molecule has 1 heterocycles. The molecule has 2 N–H and O–H groups in total. The Morgan fingerprint density at radius 2 is 1.87 bits per heavy atom. The molecular formula is C12H14N2O. The Hall–Kier alpha value is -1.77. The molecule has 78 valence electrons. The van der Waals surface area contributed by atoms with Gasteiger partial charge in [0.2, 0.25) is 0 Å². The number of rotatable bonds is 2. The molecule has 0 aliphatic carbocycles. The van der Waals surface area contributed by atoms with E-state index < -0.39 is 0 Å². The number of aromatic nitrogens is 1. The smallest absolute Gasteiger partial charge is 0.199 e.